The highest BCUT2D eigenvalue weighted by Gasteiger charge is 2.64. The summed E-state index contributed by atoms with van der Waals surface area (Å²) in [7, 11) is 0. The Morgan fingerprint density at radius 3 is 2.82 bits per heavy atom. The molecule has 22 heavy (non-hydrogen) atoms. The van der Waals surface area contributed by atoms with Gasteiger partial charge < -0.3 is 9.84 Å². The summed E-state index contributed by atoms with van der Waals surface area (Å²) in [6, 6.07) is 0.901. The van der Waals surface area contributed by atoms with E-state index in [1.165, 1.54) is 0 Å². The van der Waals surface area contributed by atoms with Crippen molar-refractivity contribution in [3.8, 4) is 0 Å². The summed E-state index contributed by atoms with van der Waals surface area (Å²) in [6.07, 6.45) is -1.15. The Kier molecular flexibility index (Phi) is 4.05. The van der Waals surface area contributed by atoms with Crippen LogP contribution in [0.4, 0.5) is 8.78 Å². The van der Waals surface area contributed by atoms with Crippen LogP contribution < -0.4 is 11.2 Å². The number of rotatable bonds is 4. The number of aromatic nitrogens is 2. The molecule has 11 heteroatoms. The smallest absolute Gasteiger partial charge is 0.330 e. The zero-order chi connectivity index (χ0) is 16.5. The van der Waals surface area contributed by atoms with Gasteiger partial charge in [0.1, 0.15) is 5.60 Å². The summed E-state index contributed by atoms with van der Waals surface area (Å²) in [5.41, 5.74) is 4.72. The van der Waals surface area contributed by atoms with Crippen molar-refractivity contribution in [1.29, 1.82) is 0 Å². The number of H-pyrrole nitrogens is 1. The van der Waals surface area contributed by atoms with E-state index < -0.39 is 48.1 Å². The second-order valence-corrected chi connectivity index (χ2v) is 5.00. The predicted octanol–water partition coefficient (Wildman–Crippen LogP) is 0.378. The maximum absolute atomic E-state index is 14.5. The van der Waals surface area contributed by atoms with E-state index in [-0.39, 0.29) is 0 Å². The fourth-order valence-electron chi connectivity index (χ4n) is 2.37. The third kappa shape index (κ3) is 2.39. The summed E-state index contributed by atoms with van der Waals surface area (Å²) in [6.45, 7) is -0.220. The normalized spacial score (nSPS) is 30.0. The molecule has 1 aromatic rings. The van der Waals surface area contributed by atoms with Gasteiger partial charge in [-0.3, -0.25) is 14.3 Å². The molecular weight excluding hydrogens is 304 g/mol. The van der Waals surface area contributed by atoms with Gasteiger partial charge in [0.25, 0.3) is 11.5 Å². The first kappa shape index (κ1) is 16.1. The molecule has 0 aromatic carbocycles. The van der Waals surface area contributed by atoms with Crippen molar-refractivity contribution in [1.82, 2.24) is 9.55 Å². The Hall–Kier alpha value is -2.23. The number of hydrogen-bond acceptors (Lipinski definition) is 5. The van der Waals surface area contributed by atoms with Crippen molar-refractivity contribution >= 4 is 0 Å². The van der Waals surface area contributed by atoms with Crippen molar-refractivity contribution in [2.45, 2.75) is 24.7 Å². The van der Waals surface area contributed by atoms with Crippen molar-refractivity contribution in [2.24, 2.45) is 11.0 Å². The van der Waals surface area contributed by atoms with Crippen molar-refractivity contribution in [3.05, 3.63) is 43.5 Å². The Morgan fingerprint density at radius 1 is 1.59 bits per heavy atom. The van der Waals surface area contributed by atoms with E-state index >= 15 is 0 Å². The molecule has 2 heterocycles. The monoisotopic (exact) mass is 317 g/mol. The maximum Gasteiger partial charge on any atom is 0.330 e. The third-order valence-corrected chi connectivity index (χ3v) is 3.82. The van der Waals surface area contributed by atoms with Gasteiger partial charge in [-0.15, -0.1) is 0 Å². The summed E-state index contributed by atoms with van der Waals surface area (Å²) >= 11 is 0. The molecule has 9 nitrogen and oxygen atoms in total. The van der Waals surface area contributed by atoms with E-state index in [0.29, 0.717) is 4.57 Å². The molecule has 3 atom stereocenters. The number of alkyl halides is 2. The lowest BCUT2D eigenvalue weighted by Gasteiger charge is -2.28. The highest BCUT2D eigenvalue weighted by molar-refractivity contribution is 5.05. The van der Waals surface area contributed by atoms with Crippen LogP contribution in [0, 0.1) is 5.92 Å². The molecule has 0 unspecified atom stereocenters. The molecule has 2 N–H and O–H groups in total. The first-order chi connectivity index (χ1) is 10.3. The SMILES string of the molecule is C[C@H]1C(F)(F)[C@H](n2ccc(=O)[nH]c2=O)O[C@@]1(CO)CN=[N+]=[N-]. The number of azide groups is 1. The molecule has 1 saturated heterocycles. The van der Waals surface area contributed by atoms with Gasteiger partial charge in [-0.1, -0.05) is 12.0 Å². The minimum Gasteiger partial charge on any atom is -0.393 e. The van der Waals surface area contributed by atoms with Gasteiger partial charge in [0.15, 0.2) is 0 Å². The van der Waals surface area contributed by atoms with Crippen molar-refractivity contribution in [3.63, 3.8) is 0 Å². The quantitative estimate of drug-likeness (QED) is 0.471. The molecule has 120 valence electrons. The first-order valence-corrected chi connectivity index (χ1v) is 6.27. The number of nitrogens with one attached hydrogen (secondary N) is 1. The van der Waals surface area contributed by atoms with Crippen molar-refractivity contribution < 1.29 is 18.6 Å². The van der Waals surface area contributed by atoms with E-state index in [9.17, 15) is 23.5 Å². The van der Waals surface area contributed by atoms with Crippen LogP contribution in [0.5, 0.6) is 0 Å². The fraction of sp³-hybridized carbons (Fsp3) is 0.636. The highest BCUT2D eigenvalue weighted by atomic mass is 19.3. The molecule has 0 spiro atoms. The predicted molar refractivity (Wildman–Crippen MR) is 69.4 cm³/mol. The summed E-state index contributed by atoms with van der Waals surface area (Å²) in [5.74, 6) is -5.06. The molecule has 1 aromatic heterocycles. The summed E-state index contributed by atoms with van der Waals surface area (Å²) in [4.78, 5) is 27.0. The average Bonchev–Trinajstić information content (AvgIpc) is 2.67. The summed E-state index contributed by atoms with van der Waals surface area (Å²) in [5, 5.41) is 12.6. The van der Waals surface area contributed by atoms with Gasteiger partial charge >= 0.3 is 5.69 Å². The molecule has 0 radical (unpaired) electrons. The molecule has 0 aliphatic carbocycles. The number of halogens is 2. The standard InChI is InChI=1S/C11H13F2N5O4/c1-6-10(5-19,4-15-17-14)22-8(11(6,12)13)18-3-2-7(20)16-9(18)21/h2-3,6,8,19H,4-5H2,1H3,(H,16,20,21)/t6-,8-,10-/m1/s1. The molecule has 1 aliphatic heterocycles. The number of aliphatic hydroxyl groups is 1. The molecule has 0 amide bonds. The van der Waals surface area contributed by atoms with Gasteiger partial charge in [-0.2, -0.15) is 0 Å². The number of ether oxygens (including phenoxy) is 1. The molecule has 0 bridgehead atoms. The highest BCUT2D eigenvalue weighted by Crippen LogP contribution is 2.51. The molecule has 0 saturated carbocycles. The van der Waals surface area contributed by atoms with Gasteiger partial charge in [-0.05, 0) is 5.53 Å². The Labute approximate surface area is 121 Å². The van der Waals surface area contributed by atoms with Crippen LogP contribution in [0.2, 0.25) is 0 Å². The Bertz CT molecular complexity index is 726. The zero-order valence-electron chi connectivity index (χ0n) is 11.4. The Balaban J connectivity index is 2.51. The van der Waals surface area contributed by atoms with Crippen LogP contribution >= 0.6 is 0 Å². The average molecular weight is 317 g/mol. The first-order valence-electron chi connectivity index (χ1n) is 6.27. The van der Waals surface area contributed by atoms with Crippen LogP contribution in [0.15, 0.2) is 27.0 Å². The van der Waals surface area contributed by atoms with E-state index in [2.05, 4.69) is 10.0 Å². The molecule has 1 aliphatic rings. The minimum absolute atomic E-state index is 0.522. The Morgan fingerprint density at radius 2 is 2.27 bits per heavy atom. The lowest BCUT2D eigenvalue weighted by molar-refractivity contribution is -0.142. The van der Waals surface area contributed by atoms with Crippen LogP contribution in [0.1, 0.15) is 13.2 Å². The van der Waals surface area contributed by atoms with E-state index in [1.807, 2.05) is 4.98 Å². The second kappa shape index (κ2) is 5.52. The number of nitrogens with zero attached hydrogens (tertiary/aromatic N) is 4. The van der Waals surface area contributed by atoms with E-state index in [1.54, 1.807) is 0 Å². The second-order valence-electron chi connectivity index (χ2n) is 5.00. The fourth-order valence-corrected chi connectivity index (χ4v) is 2.37. The van der Waals surface area contributed by atoms with Crippen LogP contribution in [0.3, 0.4) is 0 Å². The topological polar surface area (TPSA) is 133 Å². The molecular formula is C11H13F2N5O4. The van der Waals surface area contributed by atoms with Crippen LogP contribution in [0.25, 0.3) is 10.4 Å². The van der Waals surface area contributed by atoms with Crippen LogP contribution in [-0.4, -0.2) is 39.3 Å². The van der Waals surface area contributed by atoms with Gasteiger partial charge in [0.2, 0.25) is 6.23 Å². The summed E-state index contributed by atoms with van der Waals surface area (Å²) < 4.78 is 34.7. The minimum atomic E-state index is -3.53. The largest absolute Gasteiger partial charge is 0.393 e. The zero-order valence-corrected chi connectivity index (χ0v) is 11.4. The van der Waals surface area contributed by atoms with Gasteiger partial charge in [0.05, 0.1) is 19.1 Å². The number of hydrogen-bond donors (Lipinski definition) is 2. The number of aromatic amines is 1. The van der Waals surface area contributed by atoms with E-state index in [4.69, 9.17) is 10.3 Å². The van der Waals surface area contributed by atoms with Gasteiger partial charge in [-0.25, -0.2) is 13.6 Å². The van der Waals surface area contributed by atoms with E-state index in [0.717, 1.165) is 19.2 Å². The van der Waals surface area contributed by atoms with Gasteiger partial charge in [0, 0.05) is 17.2 Å². The lowest BCUT2D eigenvalue weighted by Crippen LogP contribution is -2.44. The van der Waals surface area contributed by atoms with Crippen molar-refractivity contribution in [2.75, 3.05) is 13.2 Å². The molecule has 1 fully saturated rings. The lowest BCUT2D eigenvalue weighted by atomic mass is 9.87. The third-order valence-electron chi connectivity index (χ3n) is 3.82. The number of aliphatic hydroxyl groups excluding tert-OH is 1. The molecule has 2 rings (SSSR count). The van der Waals surface area contributed by atoms with Crippen LogP contribution in [-0.2, 0) is 4.74 Å². The maximum atomic E-state index is 14.5.